The SMILES string of the molecule is Cc1ccc2c(N)c(C(=O)NCCc3ccc(N4CCCC5(CCCCC5)C4)cc3)sc2n1. The molecule has 1 saturated carbocycles. The van der Waals surface area contributed by atoms with Crippen LogP contribution in [0.3, 0.4) is 0 Å². The van der Waals surface area contributed by atoms with E-state index in [0.29, 0.717) is 22.5 Å². The molecule has 1 spiro atoms. The summed E-state index contributed by atoms with van der Waals surface area (Å²) in [6.45, 7) is 4.92. The lowest BCUT2D eigenvalue weighted by molar-refractivity contribution is 0.0959. The van der Waals surface area contributed by atoms with E-state index in [0.717, 1.165) is 22.3 Å². The van der Waals surface area contributed by atoms with Crippen LogP contribution in [-0.2, 0) is 6.42 Å². The molecule has 3 heterocycles. The van der Waals surface area contributed by atoms with E-state index >= 15 is 0 Å². The fraction of sp³-hybridized carbons (Fsp3) is 0.481. The number of carbonyl (C=O) groups excluding carboxylic acids is 1. The molecule has 5 rings (SSSR count). The molecule has 0 atom stereocenters. The Morgan fingerprint density at radius 3 is 2.64 bits per heavy atom. The highest BCUT2D eigenvalue weighted by Crippen LogP contribution is 2.44. The van der Waals surface area contributed by atoms with Crippen molar-refractivity contribution in [2.45, 2.75) is 58.3 Å². The van der Waals surface area contributed by atoms with Crippen LogP contribution in [-0.4, -0.2) is 30.5 Å². The van der Waals surface area contributed by atoms with Crippen LogP contribution in [0, 0.1) is 12.3 Å². The number of hydrogen-bond donors (Lipinski definition) is 2. The molecule has 33 heavy (non-hydrogen) atoms. The molecule has 0 radical (unpaired) electrons. The maximum atomic E-state index is 12.7. The van der Waals surface area contributed by atoms with Gasteiger partial charge in [0.2, 0.25) is 0 Å². The normalized spacial score (nSPS) is 18.0. The lowest BCUT2D eigenvalue weighted by atomic mass is 9.69. The van der Waals surface area contributed by atoms with E-state index < -0.39 is 0 Å². The molecule has 174 valence electrons. The van der Waals surface area contributed by atoms with Crippen molar-refractivity contribution in [3.05, 3.63) is 52.5 Å². The van der Waals surface area contributed by atoms with E-state index in [1.54, 1.807) is 0 Å². The smallest absolute Gasteiger partial charge is 0.263 e. The number of pyridine rings is 1. The minimum absolute atomic E-state index is 0.115. The number of aromatic nitrogens is 1. The summed E-state index contributed by atoms with van der Waals surface area (Å²) < 4.78 is 0. The molecule has 6 heteroatoms. The van der Waals surface area contributed by atoms with E-state index in [-0.39, 0.29) is 5.91 Å². The zero-order valence-corrected chi connectivity index (χ0v) is 20.3. The first kappa shape index (κ1) is 22.2. The Morgan fingerprint density at radius 1 is 1.09 bits per heavy atom. The highest BCUT2D eigenvalue weighted by atomic mass is 32.1. The number of nitrogens with two attached hydrogens (primary N) is 1. The molecule has 1 aliphatic heterocycles. The summed E-state index contributed by atoms with van der Waals surface area (Å²) in [5, 5.41) is 3.89. The van der Waals surface area contributed by atoms with Gasteiger partial charge in [-0.25, -0.2) is 4.98 Å². The largest absolute Gasteiger partial charge is 0.397 e. The second-order valence-corrected chi connectivity index (χ2v) is 10.9. The zero-order valence-electron chi connectivity index (χ0n) is 19.5. The van der Waals surface area contributed by atoms with Gasteiger partial charge in [0, 0.05) is 36.4 Å². The lowest BCUT2D eigenvalue weighted by Gasteiger charge is -2.46. The molecule has 3 N–H and O–H groups in total. The van der Waals surface area contributed by atoms with E-state index in [9.17, 15) is 4.79 Å². The summed E-state index contributed by atoms with van der Waals surface area (Å²) in [6, 6.07) is 12.8. The van der Waals surface area contributed by atoms with Gasteiger partial charge in [0.1, 0.15) is 9.71 Å². The van der Waals surface area contributed by atoms with Crippen LogP contribution in [0.5, 0.6) is 0 Å². The van der Waals surface area contributed by atoms with Crippen LogP contribution in [0.2, 0.25) is 0 Å². The number of thiophene rings is 1. The van der Waals surface area contributed by atoms with Crippen LogP contribution in [0.1, 0.15) is 65.9 Å². The summed E-state index contributed by atoms with van der Waals surface area (Å²) in [7, 11) is 0. The molecule has 1 amide bonds. The Bertz CT molecular complexity index is 1130. The molecule has 2 aliphatic rings. The van der Waals surface area contributed by atoms with Gasteiger partial charge in [0.05, 0.1) is 5.69 Å². The fourth-order valence-corrected chi connectivity index (χ4v) is 6.73. The minimum Gasteiger partial charge on any atom is -0.397 e. The van der Waals surface area contributed by atoms with Crippen molar-refractivity contribution in [3.8, 4) is 0 Å². The molecule has 1 saturated heterocycles. The first-order chi connectivity index (χ1) is 16.0. The van der Waals surface area contributed by atoms with Crippen LogP contribution in [0.25, 0.3) is 10.2 Å². The van der Waals surface area contributed by atoms with Crippen LogP contribution < -0.4 is 16.0 Å². The zero-order chi connectivity index (χ0) is 22.8. The number of hydrogen-bond acceptors (Lipinski definition) is 5. The van der Waals surface area contributed by atoms with Gasteiger partial charge in [-0.05, 0) is 74.3 Å². The number of anilines is 2. The highest BCUT2D eigenvalue weighted by molar-refractivity contribution is 7.21. The molecule has 2 aromatic heterocycles. The number of carbonyl (C=O) groups is 1. The first-order valence-corrected chi connectivity index (χ1v) is 13.1. The standard InChI is InChI=1S/C27H34N4OS/c1-19-6-11-22-23(28)24(33-26(22)30-19)25(32)29-16-12-20-7-9-21(10-8-20)31-17-5-15-27(18-31)13-3-2-4-14-27/h6-11H,2-5,12-18,28H2,1H3,(H,29,32). The summed E-state index contributed by atoms with van der Waals surface area (Å²) >= 11 is 1.37. The average Bonchev–Trinajstić information content (AvgIpc) is 3.15. The Morgan fingerprint density at radius 2 is 1.85 bits per heavy atom. The van der Waals surface area contributed by atoms with Gasteiger partial charge in [0.15, 0.2) is 0 Å². The molecular formula is C27H34N4OS. The van der Waals surface area contributed by atoms with Crippen molar-refractivity contribution < 1.29 is 4.79 Å². The predicted octanol–water partition coefficient (Wildman–Crippen LogP) is 5.71. The van der Waals surface area contributed by atoms with Crippen molar-refractivity contribution in [2.75, 3.05) is 30.3 Å². The fourth-order valence-electron chi connectivity index (χ4n) is 5.67. The number of nitrogen functional groups attached to an aromatic ring is 1. The van der Waals surface area contributed by atoms with E-state index in [1.165, 1.54) is 80.6 Å². The van der Waals surface area contributed by atoms with E-state index in [2.05, 4.69) is 39.5 Å². The summed E-state index contributed by atoms with van der Waals surface area (Å²) in [5.74, 6) is -0.115. The Kier molecular flexibility index (Phi) is 6.28. The van der Waals surface area contributed by atoms with Crippen molar-refractivity contribution in [1.29, 1.82) is 0 Å². The summed E-state index contributed by atoms with van der Waals surface area (Å²) in [6.07, 6.45) is 10.5. The maximum absolute atomic E-state index is 12.7. The molecule has 0 bridgehead atoms. The number of nitrogens with one attached hydrogen (secondary N) is 1. The van der Waals surface area contributed by atoms with Crippen molar-refractivity contribution in [2.24, 2.45) is 5.41 Å². The monoisotopic (exact) mass is 462 g/mol. The second-order valence-electron chi connectivity index (χ2n) is 9.91. The number of piperidine rings is 1. The quantitative estimate of drug-likeness (QED) is 0.509. The van der Waals surface area contributed by atoms with Gasteiger partial charge in [-0.2, -0.15) is 0 Å². The highest BCUT2D eigenvalue weighted by Gasteiger charge is 2.36. The lowest BCUT2D eigenvalue weighted by Crippen LogP contribution is -2.44. The van der Waals surface area contributed by atoms with Crippen LogP contribution in [0.4, 0.5) is 11.4 Å². The van der Waals surface area contributed by atoms with Gasteiger partial charge in [-0.1, -0.05) is 31.4 Å². The number of aryl methyl sites for hydroxylation is 1. The van der Waals surface area contributed by atoms with Crippen molar-refractivity contribution >= 4 is 38.8 Å². The van der Waals surface area contributed by atoms with Gasteiger partial charge in [-0.3, -0.25) is 4.79 Å². The van der Waals surface area contributed by atoms with Crippen LogP contribution >= 0.6 is 11.3 Å². The Hall–Kier alpha value is -2.60. The topological polar surface area (TPSA) is 71.2 Å². The van der Waals surface area contributed by atoms with Crippen molar-refractivity contribution in [1.82, 2.24) is 10.3 Å². The third kappa shape index (κ3) is 4.72. The first-order valence-electron chi connectivity index (χ1n) is 12.3. The molecule has 0 unspecified atom stereocenters. The third-order valence-corrected chi connectivity index (χ3v) is 8.63. The molecule has 2 fully saturated rings. The number of rotatable bonds is 5. The summed E-state index contributed by atoms with van der Waals surface area (Å²) in [5.41, 5.74) is 10.8. The maximum Gasteiger partial charge on any atom is 0.263 e. The average molecular weight is 463 g/mol. The Labute approximate surface area is 200 Å². The van der Waals surface area contributed by atoms with E-state index in [4.69, 9.17) is 5.73 Å². The van der Waals surface area contributed by atoms with Gasteiger partial charge < -0.3 is 16.0 Å². The number of fused-ring (bicyclic) bond motifs is 1. The molecule has 1 aliphatic carbocycles. The predicted molar refractivity (Wildman–Crippen MR) is 138 cm³/mol. The molecule has 3 aromatic rings. The van der Waals surface area contributed by atoms with E-state index in [1.807, 2.05) is 19.1 Å². The number of amides is 1. The molecule has 5 nitrogen and oxygen atoms in total. The minimum atomic E-state index is -0.115. The van der Waals surface area contributed by atoms with Gasteiger partial charge >= 0.3 is 0 Å². The van der Waals surface area contributed by atoms with Gasteiger partial charge in [-0.15, -0.1) is 11.3 Å². The van der Waals surface area contributed by atoms with Crippen molar-refractivity contribution in [3.63, 3.8) is 0 Å². The molecular weight excluding hydrogens is 428 g/mol. The Balaban J connectivity index is 1.17. The van der Waals surface area contributed by atoms with Gasteiger partial charge in [0.25, 0.3) is 5.91 Å². The number of nitrogens with zero attached hydrogens (tertiary/aromatic N) is 2. The molecule has 1 aromatic carbocycles. The summed E-state index contributed by atoms with van der Waals surface area (Å²) in [4.78, 5) is 21.2. The number of benzene rings is 1. The second kappa shape index (κ2) is 9.34. The van der Waals surface area contributed by atoms with Crippen LogP contribution in [0.15, 0.2) is 36.4 Å². The third-order valence-electron chi connectivity index (χ3n) is 7.52.